The highest BCUT2D eigenvalue weighted by Crippen LogP contribution is 2.16. The lowest BCUT2D eigenvalue weighted by atomic mass is 10.1. The molecule has 114 valence electrons. The van der Waals surface area contributed by atoms with Crippen molar-refractivity contribution in [1.82, 2.24) is 5.32 Å². The summed E-state index contributed by atoms with van der Waals surface area (Å²) in [5, 5.41) is 1.53. The van der Waals surface area contributed by atoms with E-state index in [1.54, 1.807) is 0 Å². The molecule has 0 spiro atoms. The third-order valence-corrected chi connectivity index (χ3v) is 1.84. The summed E-state index contributed by atoms with van der Waals surface area (Å²) in [4.78, 5) is 32.6. The fraction of sp³-hybridized carbons (Fsp3) is 0.583. The quantitative estimate of drug-likeness (QED) is 0.474. The van der Waals surface area contributed by atoms with Gasteiger partial charge in [-0.15, -0.1) is 0 Å². The zero-order valence-electron chi connectivity index (χ0n) is 11.3. The standard InChI is InChI=1S/C12H16F3NO4/c1-11(2,3)20-9(18)8(6-4-5-7-17)16-10(19)12(13,14)15/h4-5,7-8H,6H2,1-3H3,(H,16,19)/b5-4+. The number of esters is 1. The van der Waals surface area contributed by atoms with Crippen LogP contribution in [-0.4, -0.2) is 36.0 Å². The summed E-state index contributed by atoms with van der Waals surface area (Å²) < 4.78 is 41.4. The molecular weight excluding hydrogens is 279 g/mol. The lowest BCUT2D eigenvalue weighted by Gasteiger charge is -2.24. The molecule has 0 aromatic rings. The van der Waals surface area contributed by atoms with Crippen molar-refractivity contribution in [3.05, 3.63) is 12.2 Å². The van der Waals surface area contributed by atoms with Crippen molar-refractivity contribution in [3.8, 4) is 0 Å². The Bertz CT molecular complexity index is 396. The Labute approximate surface area is 114 Å². The van der Waals surface area contributed by atoms with Gasteiger partial charge in [0.15, 0.2) is 0 Å². The van der Waals surface area contributed by atoms with Gasteiger partial charge in [0.2, 0.25) is 0 Å². The Balaban J connectivity index is 4.89. The zero-order valence-corrected chi connectivity index (χ0v) is 11.3. The minimum Gasteiger partial charge on any atom is -0.458 e. The van der Waals surface area contributed by atoms with E-state index in [-0.39, 0.29) is 6.42 Å². The number of ether oxygens (including phenoxy) is 1. The molecule has 1 N–H and O–H groups in total. The Morgan fingerprint density at radius 2 is 1.80 bits per heavy atom. The number of amides is 1. The summed E-state index contributed by atoms with van der Waals surface area (Å²) in [5.74, 6) is -3.25. The minimum absolute atomic E-state index is 0.282. The maximum absolute atomic E-state index is 12.2. The van der Waals surface area contributed by atoms with Gasteiger partial charge >= 0.3 is 18.1 Å². The number of halogens is 3. The number of alkyl halides is 3. The smallest absolute Gasteiger partial charge is 0.458 e. The number of hydrogen-bond acceptors (Lipinski definition) is 4. The van der Waals surface area contributed by atoms with Crippen molar-refractivity contribution in [3.63, 3.8) is 0 Å². The van der Waals surface area contributed by atoms with Gasteiger partial charge in [0.05, 0.1) is 0 Å². The van der Waals surface area contributed by atoms with Crippen molar-refractivity contribution in [1.29, 1.82) is 0 Å². The predicted octanol–water partition coefficient (Wildman–Crippen LogP) is 1.52. The molecule has 1 atom stereocenters. The molecule has 0 radical (unpaired) electrons. The number of hydrogen-bond donors (Lipinski definition) is 1. The van der Waals surface area contributed by atoms with Crippen LogP contribution in [0.2, 0.25) is 0 Å². The SMILES string of the molecule is CC(C)(C)OC(=O)C(C/C=C/C=O)NC(=O)C(F)(F)F. The second-order valence-electron chi connectivity index (χ2n) is 4.86. The van der Waals surface area contributed by atoms with Crippen molar-refractivity contribution >= 4 is 18.2 Å². The summed E-state index contributed by atoms with van der Waals surface area (Å²) in [6, 6.07) is -1.51. The van der Waals surface area contributed by atoms with E-state index in [1.807, 2.05) is 0 Å². The van der Waals surface area contributed by atoms with Gasteiger partial charge in [0.1, 0.15) is 17.9 Å². The molecular formula is C12H16F3NO4. The van der Waals surface area contributed by atoms with E-state index in [9.17, 15) is 27.6 Å². The Hall–Kier alpha value is -1.86. The number of carbonyl (C=O) groups excluding carboxylic acids is 3. The highest BCUT2D eigenvalue weighted by atomic mass is 19.4. The molecule has 0 rings (SSSR count). The van der Waals surface area contributed by atoms with Crippen LogP contribution in [0.3, 0.4) is 0 Å². The first-order valence-electron chi connectivity index (χ1n) is 5.68. The van der Waals surface area contributed by atoms with Crippen molar-refractivity contribution in [2.24, 2.45) is 0 Å². The maximum atomic E-state index is 12.2. The largest absolute Gasteiger partial charge is 0.471 e. The van der Waals surface area contributed by atoms with Crippen LogP contribution >= 0.6 is 0 Å². The van der Waals surface area contributed by atoms with Crippen molar-refractivity contribution in [2.45, 2.75) is 45.0 Å². The van der Waals surface area contributed by atoms with E-state index in [0.29, 0.717) is 6.29 Å². The highest BCUT2D eigenvalue weighted by Gasteiger charge is 2.41. The molecule has 20 heavy (non-hydrogen) atoms. The summed E-state index contributed by atoms with van der Waals surface area (Å²) in [7, 11) is 0. The van der Waals surface area contributed by atoms with Crippen LogP contribution < -0.4 is 5.32 Å². The Morgan fingerprint density at radius 3 is 2.20 bits per heavy atom. The summed E-state index contributed by atoms with van der Waals surface area (Å²) in [5.41, 5.74) is -0.910. The van der Waals surface area contributed by atoms with Crippen LogP contribution in [0.15, 0.2) is 12.2 Å². The van der Waals surface area contributed by atoms with Crippen LogP contribution in [0.5, 0.6) is 0 Å². The van der Waals surface area contributed by atoms with E-state index in [2.05, 4.69) is 0 Å². The molecule has 1 unspecified atom stereocenters. The summed E-state index contributed by atoms with van der Waals surface area (Å²) in [6.45, 7) is 4.61. The number of carbonyl (C=O) groups is 3. The fourth-order valence-electron chi connectivity index (χ4n) is 1.10. The van der Waals surface area contributed by atoms with E-state index in [0.717, 1.165) is 12.2 Å². The fourth-order valence-corrected chi connectivity index (χ4v) is 1.10. The molecule has 0 heterocycles. The van der Waals surface area contributed by atoms with Gasteiger partial charge in [-0.1, -0.05) is 6.08 Å². The van der Waals surface area contributed by atoms with Gasteiger partial charge in [-0.2, -0.15) is 13.2 Å². The average Bonchev–Trinajstić information content (AvgIpc) is 2.23. The monoisotopic (exact) mass is 295 g/mol. The molecule has 0 aromatic carbocycles. The van der Waals surface area contributed by atoms with E-state index >= 15 is 0 Å². The van der Waals surface area contributed by atoms with Gasteiger partial charge < -0.3 is 10.1 Å². The normalized spacial score (nSPS) is 13.9. The van der Waals surface area contributed by atoms with Crippen molar-refractivity contribution in [2.75, 3.05) is 0 Å². The van der Waals surface area contributed by atoms with E-state index in [1.165, 1.54) is 26.1 Å². The molecule has 0 aromatic heterocycles. The van der Waals surface area contributed by atoms with Crippen LogP contribution in [0.1, 0.15) is 27.2 Å². The van der Waals surface area contributed by atoms with Gasteiger partial charge in [-0.05, 0) is 33.3 Å². The third-order valence-electron chi connectivity index (χ3n) is 1.84. The number of aldehydes is 1. The number of rotatable bonds is 5. The van der Waals surface area contributed by atoms with Gasteiger partial charge in [-0.25, -0.2) is 4.79 Å². The third kappa shape index (κ3) is 7.55. The molecule has 0 aliphatic rings. The highest BCUT2D eigenvalue weighted by molar-refractivity contribution is 5.87. The van der Waals surface area contributed by atoms with Gasteiger partial charge in [0.25, 0.3) is 0 Å². The molecule has 0 aliphatic heterocycles. The first kappa shape index (κ1) is 18.1. The zero-order chi connectivity index (χ0) is 16.0. The van der Waals surface area contributed by atoms with Gasteiger partial charge in [0, 0.05) is 0 Å². The first-order chi connectivity index (χ1) is 8.97. The molecule has 8 heteroatoms. The van der Waals surface area contributed by atoms with Crippen LogP contribution in [0, 0.1) is 0 Å². The first-order valence-corrected chi connectivity index (χ1v) is 5.68. The molecule has 0 aliphatic carbocycles. The van der Waals surface area contributed by atoms with E-state index < -0.39 is 29.7 Å². The summed E-state index contributed by atoms with van der Waals surface area (Å²) >= 11 is 0. The molecule has 5 nitrogen and oxygen atoms in total. The number of allylic oxidation sites excluding steroid dienone is 1. The lowest BCUT2D eigenvalue weighted by Crippen LogP contribution is -2.48. The molecule has 0 saturated heterocycles. The van der Waals surface area contributed by atoms with Crippen LogP contribution in [-0.2, 0) is 19.1 Å². The minimum atomic E-state index is -5.10. The van der Waals surface area contributed by atoms with Gasteiger partial charge in [-0.3, -0.25) is 9.59 Å². The van der Waals surface area contributed by atoms with Crippen molar-refractivity contribution < 1.29 is 32.3 Å². The lowest BCUT2D eigenvalue weighted by molar-refractivity contribution is -0.177. The topological polar surface area (TPSA) is 72.5 Å². The maximum Gasteiger partial charge on any atom is 0.471 e. The van der Waals surface area contributed by atoms with Crippen LogP contribution in [0.4, 0.5) is 13.2 Å². The molecule has 0 bridgehead atoms. The molecule has 0 saturated carbocycles. The molecule has 1 amide bonds. The number of nitrogens with one attached hydrogen (secondary N) is 1. The molecule has 0 fully saturated rings. The Kier molecular flexibility index (Phi) is 6.41. The second kappa shape index (κ2) is 7.06. The predicted molar refractivity (Wildman–Crippen MR) is 63.7 cm³/mol. The average molecular weight is 295 g/mol. The summed E-state index contributed by atoms with van der Waals surface area (Å²) in [6.07, 6.45) is -2.81. The van der Waals surface area contributed by atoms with Crippen LogP contribution in [0.25, 0.3) is 0 Å². The second-order valence-corrected chi connectivity index (χ2v) is 4.86. The Morgan fingerprint density at radius 1 is 1.25 bits per heavy atom. The van der Waals surface area contributed by atoms with E-state index in [4.69, 9.17) is 4.74 Å².